The first-order chi connectivity index (χ1) is 5.77. The highest BCUT2D eigenvalue weighted by atomic mass is 16.1. The van der Waals surface area contributed by atoms with Crippen LogP contribution in [0.4, 0.5) is 0 Å². The van der Waals surface area contributed by atoms with Gasteiger partial charge in [0.2, 0.25) is 0 Å². The van der Waals surface area contributed by atoms with E-state index in [0.29, 0.717) is 5.69 Å². The number of pyridine rings is 1. The molecule has 1 aliphatic rings. The zero-order valence-electron chi connectivity index (χ0n) is 7.08. The van der Waals surface area contributed by atoms with E-state index >= 15 is 0 Å². The van der Waals surface area contributed by atoms with E-state index in [0.717, 1.165) is 5.92 Å². The summed E-state index contributed by atoms with van der Waals surface area (Å²) in [6.45, 7) is 1.54. The summed E-state index contributed by atoms with van der Waals surface area (Å²) in [5.41, 5.74) is 1.85. The fourth-order valence-corrected chi connectivity index (χ4v) is 1.27. The lowest BCUT2D eigenvalue weighted by Crippen LogP contribution is -1.96. The number of carbonyl (C=O) groups is 1. The molecule has 0 saturated heterocycles. The number of Topliss-reactive ketones (excluding diaryl/α,β-unsaturated/α-hetero) is 1. The van der Waals surface area contributed by atoms with Crippen LogP contribution in [-0.4, -0.2) is 10.8 Å². The molecule has 2 heteroatoms. The number of carbonyl (C=O) groups excluding carboxylic acids is 1. The molecule has 0 aromatic carbocycles. The van der Waals surface area contributed by atoms with Crippen LogP contribution in [0.15, 0.2) is 18.3 Å². The number of nitrogens with zero attached hydrogens (tertiary/aromatic N) is 1. The van der Waals surface area contributed by atoms with E-state index in [2.05, 4.69) is 4.98 Å². The Labute approximate surface area is 71.6 Å². The summed E-state index contributed by atoms with van der Waals surface area (Å²) < 4.78 is 0. The summed E-state index contributed by atoms with van der Waals surface area (Å²) in [7, 11) is 0. The molecule has 1 aliphatic carbocycles. The standard InChI is InChI=1S/C10H11NO/c1-7(12)10-5-4-9(6-11-10)8-2-3-8/h4-6,8H,2-3H2,1H3. The van der Waals surface area contributed by atoms with Gasteiger partial charge in [0.15, 0.2) is 5.78 Å². The molecule has 0 aliphatic heterocycles. The molecule has 0 unspecified atom stereocenters. The summed E-state index contributed by atoms with van der Waals surface area (Å²) >= 11 is 0. The fourth-order valence-electron chi connectivity index (χ4n) is 1.27. The molecule has 2 nitrogen and oxygen atoms in total. The summed E-state index contributed by atoms with van der Waals surface area (Å²) in [4.78, 5) is 15.0. The Bertz CT molecular complexity index is 298. The van der Waals surface area contributed by atoms with Gasteiger partial charge in [-0.1, -0.05) is 6.07 Å². The van der Waals surface area contributed by atoms with Crippen LogP contribution >= 0.6 is 0 Å². The third-order valence-electron chi connectivity index (χ3n) is 2.20. The van der Waals surface area contributed by atoms with Crippen molar-refractivity contribution < 1.29 is 4.79 Å². The monoisotopic (exact) mass is 161 g/mol. The van der Waals surface area contributed by atoms with Crippen LogP contribution in [0.5, 0.6) is 0 Å². The van der Waals surface area contributed by atoms with E-state index in [1.165, 1.54) is 18.4 Å². The van der Waals surface area contributed by atoms with Gasteiger partial charge in [-0.25, -0.2) is 0 Å². The van der Waals surface area contributed by atoms with Gasteiger partial charge in [-0.3, -0.25) is 9.78 Å². The molecular formula is C10H11NO. The molecule has 1 aromatic rings. The highest BCUT2D eigenvalue weighted by molar-refractivity contribution is 5.91. The van der Waals surface area contributed by atoms with Gasteiger partial charge in [0.1, 0.15) is 5.69 Å². The lowest BCUT2D eigenvalue weighted by Gasteiger charge is -1.97. The quantitative estimate of drug-likeness (QED) is 0.622. The van der Waals surface area contributed by atoms with Gasteiger partial charge in [0.25, 0.3) is 0 Å². The predicted octanol–water partition coefficient (Wildman–Crippen LogP) is 2.16. The van der Waals surface area contributed by atoms with E-state index < -0.39 is 0 Å². The maximum absolute atomic E-state index is 10.9. The average molecular weight is 161 g/mol. The van der Waals surface area contributed by atoms with Crippen LogP contribution in [0.2, 0.25) is 0 Å². The third-order valence-corrected chi connectivity index (χ3v) is 2.20. The second-order valence-electron chi connectivity index (χ2n) is 3.31. The number of ketones is 1. The summed E-state index contributed by atoms with van der Waals surface area (Å²) in [6, 6.07) is 3.83. The number of rotatable bonds is 2. The first-order valence-electron chi connectivity index (χ1n) is 4.24. The van der Waals surface area contributed by atoms with Crippen LogP contribution in [-0.2, 0) is 0 Å². The van der Waals surface area contributed by atoms with Gasteiger partial charge in [0.05, 0.1) is 0 Å². The molecule has 1 saturated carbocycles. The lowest BCUT2D eigenvalue weighted by molar-refractivity contribution is 0.101. The van der Waals surface area contributed by atoms with Crippen LogP contribution in [0.1, 0.15) is 41.7 Å². The number of aromatic nitrogens is 1. The summed E-state index contributed by atoms with van der Waals surface area (Å²) in [5, 5.41) is 0. The van der Waals surface area contributed by atoms with E-state index in [-0.39, 0.29) is 5.78 Å². The molecule has 62 valence electrons. The van der Waals surface area contributed by atoms with Gasteiger partial charge in [-0.2, -0.15) is 0 Å². The first kappa shape index (κ1) is 7.47. The van der Waals surface area contributed by atoms with Gasteiger partial charge in [-0.15, -0.1) is 0 Å². The molecule has 0 atom stereocenters. The zero-order valence-corrected chi connectivity index (χ0v) is 7.08. The van der Waals surface area contributed by atoms with Gasteiger partial charge in [0, 0.05) is 13.1 Å². The van der Waals surface area contributed by atoms with Crippen LogP contribution in [0.3, 0.4) is 0 Å². The molecule has 0 radical (unpaired) electrons. The first-order valence-corrected chi connectivity index (χ1v) is 4.24. The summed E-state index contributed by atoms with van der Waals surface area (Å²) in [5.74, 6) is 0.760. The molecule has 1 heterocycles. The fraction of sp³-hybridized carbons (Fsp3) is 0.400. The third kappa shape index (κ3) is 1.37. The SMILES string of the molecule is CC(=O)c1ccc(C2CC2)cn1. The molecule has 0 spiro atoms. The topological polar surface area (TPSA) is 30.0 Å². The molecule has 0 bridgehead atoms. The van der Waals surface area contributed by atoms with Crippen LogP contribution in [0, 0.1) is 0 Å². The maximum Gasteiger partial charge on any atom is 0.178 e. The molecule has 12 heavy (non-hydrogen) atoms. The molecule has 0 amide bonds. The van der Waals surface area contributed by atoms with E-state index in [1.54, 1.807) is 6.92 Å². The highest BCUT2D eigenvalue weighted by Gasteiger charge is 2.23. The summed E-state index contributed by atoms with van der Waals surface area (Å²) in [6.07, 6.45) is 4.39. The van der Waals surface area contributed by atoms with Crippen molar-refractivity contribution in [1.29, 1.82) is 0 Å². The minimum atomic E-state index is 0.0392. The van der Waals surface area contributed by atoms with Gasteiger partial charge < -0.3 is 0 Å². The van der Waals surface area contributed by atoms with Gasteiger partial charge in [-0.05, 0) is 30.4 Å². The Balaban J connectivity index is 2.24. The maximum atomic E-state index is 10.9. The highest BCUT2D eigenvalue weighted by Crippen LogP contribution is 2.39. The van der Waals surface area contributed by atoms with Gasteiger partial charge >= 0.3 is 0 Å². The molecular weight excluding hydrogens is 150 g/mol. The Kier molecular flexibility index (Phi) is 1.68. The Morgan fingerprint density at radius 1 is 1.50 bits per heavy atom. The van der Waals surface area contributed by atoms with E-state index in [4.69, 9.17) is 0 Å². The minimum Gasteiger partial charge on any atom is -0.293 e. The van der Waals surface area contributed by atoms with Crippen LogP contribution in [0.25, 0.3) is 0 Å². The Morgan fingerprint density at radius 3 is 2.67 bits per heavy atom. The van der Waals surface area contributed by atoms with E-state index in [1.807, 2.05) is 18.3 Å². The van der Waals surface area contributed by atoms with Crippen molar-refractivity contribution in [1.82, 2.24) is 4.98 Å². The van der Waals surface area contributed by atoms with Crippen molar-refractivity contribution in [3.63, 3.8) is 0 Å². The molecule has 1 fully saturated rings. The lowest BCUT2D eigenvalue weighted by atomic mass is 10.1. The predicted molar refractivity (Wildman–Crippen MR) is 46.2 cm³/mol. The van der Waals surface area contributed by atoms with Crippen molar-refractivity contribution in [2.24, 2.45) is 0 Å². The zero-order chi connectivity index (χ0) is 8.55. The van der Waals surface area contributed by atoms with Crippen molar-refractivity contribution in [2.75, 3.05) is 0 Å². The molecule has 2 rings (SSSR count). The number of hydrogen-bond acceptors (Lipinski definition) is 2. The van der Waals surface area contributed by atoms with Crippen molar-refractivity contribution in [3.05, 3.63) is 29.6 Å². The normalized spacial score (nSPS) is 16.1. The van der Waals surface area contributed by atoms with Crippen molar-refractivity contribution in [2.45, 2.75) is 25.7 Å². The second-order valence-corrected chi connectivity index (χ2v) is 3.31. The van der Waals surface area contributed by atoms with Crippen molar-refractivity contribution >= 4 is 5.78 Å². The minimum absolute atomic E-state index is 0.0392. The largest absolute Gasteiger partial charge is 0.293 e. The molecule has 1 aromatic heterocycles. The van der Waals surface area contributed by atoms with Crippen LogP contribution < -0.4 is 0 Å². The van der Waals surface area contributed by atoms with Crippen molar-refractivity contribution in [3.8, 4) is 0 Å². The van der Waals surface area contributed by atoms with E-state index in [9.17, 15) is 4.79 Å². The Morgan fingerprint density at radius 2 is 2.25 bits per heavy atom. The number of hydrogen-bond donors (Lipinski definition) is 0. The molecule has 0 N–H and O–H groups in total. The second kappa shape index (κ2) is 2.70. The smallest absolute Gasteiger partial charge is 0.178 e. The average Bonchev–Trinajstić information content (AvgIpc) is 2.87. The Hall–Kier alpha value is -1.18.